The average Bonchev–Trinajstić information content (AvgIpc) is 3.17. The van der Waals surface area contributed by atoms with Gasteiger partial charge in [0.25, 0.3) is 10.1 Å². The van der Waals surface area contributed by atoms with Gasteiger partial charge in [-0.2, -0.15) is 8.42 Å². The van der Waals surface area contributed by atoms with Crippen molar-refractivity contribution in [3.63, 3.8) is 0 Å². The van der Waals surface area contributed by atoms with Gasteiger partial charge in [0.1, 0.15) is 25.4 Å². The van der Waals surface area contributed by atoms with Crippen LogP contribution in [-0.2, 0) is 38.2 Å². The zero-order chi connectivity index (χ0) is 18.2. The largest absolute Gasteiger partial charge is 0.464 e. The Labute approximate surface area is 144 Å². The summed E-state index contributed by atoms with van der Waals surface area (Å²) in [5.41, 5.74) is 0. The van der Waals surface area contributed by atoms with Gasteiger partial charge in [-0.05, 0) is 18.9 Å². The van der Waals surface area contributed by atoms with E-state index in [0.29, 0.717) is 12.8 Å². The number of carbonyl (C=O) groups is 3. The summed E-state index contributed by atoms with van der Waals surface area (Å²) in [5, 5.41) is 1.78. The minimum Gasteiger partial charge on any atom is -0.464 e. The summed E-state index contributed by atoms with van der Waals surface area (Å²) in [4.78, 5) is 34.2. The molecule has 0 aromatic carbocycles. The Balaban J connectivity index is 1.40. The minimum atomic E-state index is -3.55. The third-order valence-electron chi connectivity index (χ3n) is 4.84. The van der Waals surface area contributed by atoms with E-state index in [0.717, 1.165) is 6.08 Å². The van der Waals surface area contributed by atoms with Gasteiger partial charge in [-0.1, -0.05) is 6.58 Å². The van der Waals surface area contributed by atoms with E-state index in [1.165, 1.54) is 0 Å². The standard InChI is InChI=1S/C15H19NO8S/c1-2-11(17)16-7-13(19)22-4-3-12(18)23-14-8-5-9-10(6-8)25(20,21)24-15(9)14/h2,8-10,14-15H,1,3-7H2,(H,16,17). The highest BCUT2D eigenvalue weighted by molar-refractivity contribution is 7.87. The minimum absolute atomic E-state index is 0.00195. The molecule has 2 saturated carbocycles. The molecule has 1 saturated heterocycles. The van der Waals surface area contributed by atoms with E-state index in [1.54, 1.807) is 0 Å². The van der Waals surface area contributed by atoms with Crippen molar-refractivity contribution < 1.29 is 36.5 Å². The number of hydrogen-bond donors (Lipinski definition) is 1. The predicted octanol–water partition coefficient (Wildman–Crippen LogP) is -0.729. The zero-order valence-electron chi connectivity index (χ0n) is 13.4. The molecule has 5 atom stereocenters. The maximum Gasteiger partial charge on any atom is 0.325 e. The molecule has 25 heavy (non-hydrogen) atoms. The zero-order valence-corrected chi connectivity index (χ0v) is 14.2. The first-order valence-electron chi connectivity index (χ1n) is 7.99. The van der Waals surface area contributed by atoms with E-state index in [2.05, 4.69) is 11.9 Å². The summed E-state index contributed by atoms with van der Waals surface area (Å²) in [7, 11) is -3.55. The van der Waals surface area contributed by atoms with E-state index in [-0.39, 0.29) is 31.4 Å². The molecule has 0 aromatic rings. The summed E-state index contributed by atoms with van der Waals surface area (Å²) in [6.07, 6.45) is 0.862. The monoisotopic (exact) mass is 373 g/mol. The summed E-state index contributed by atoms with van der Waals surface area (Å²) in [6.45, 7) is 2.74. The Morgan fingerprint density at radius 2 is 2.00 bits per heavy atom. The molecule has 1 heterocycles. The first-order chi connectivity index (χ1) is 11.8. The quantitative estimate of drug-likeness (QED) is 0.352. The van der Waals surface area contributed by atoms with E-state index in [4.69, 9.17) is 13.7 Å². The molecule has 10 heteroatoms. The summed E-state index contributed by atoms with van der Waals surface area (Å²) < 4.78 is 39.0. The molecule has 138 valence electrons. The van der Waals surface area contributed by atoms with Crippen LogP contribution in [0.5, 0.6) is 0 Å². The topological polar surface area (TPSA) is 125 Å². The maximum atomic E-state index is 11.9. The second-order valence-electron chi connectivity index (χ2n) is 6.33. The number of amides is 1. The Bertz CT molecular complexity index is 702. The maximum absolute atomic E-state index is 11.9. The summed E-state index contributed by atoms with van der Waals surface area (Å²) in [6, 6.07) is 0. The number of fused-ring (bicyclic) bond motifs is 1. The molecule has 1 N–H and O–H groups in total. The number of ether oxygens (including phenoxy) is 2. The normalized spacial score (nSPS) is 33.7. The molecule has 0 spiro atoms. The van der Waals surface area contributed by atoms with Crippen LogP contribution in [0, 0.1) is 11.8 Å². The first kappa shape index (κ1) is 17.9. The van der Waals surface area contributed by atoms with Gasteiger partial charge in [0.2, 0.25) is 5.91 Å². The number of rotatable bonds is 7. The van der Waals surface area contributed by atoms with Crippen LogP contribution < -0.4 is 5.32 Å². The fourth-order valence-corrected chi connectivity index (χ4v) is 5.67. The van der Waals surface area contributed by atoms with Crippen molar-refractivity contribution in [3.8, 4) is 0 Å². The van der Waals surface area contributed by atoms with Crippen LogP contribution in [0.4, 0.5) is 0 Å². The lowest BCUT2D eigenvalue weighted by Crippen LogP contribution is -2.37. The van der Waals surface area contributed by atoms with Crippen LogP contribution >= 0.6 is 0 Å². The molecule has 9 nitrogen and oxygen atoms in total. The molecule has 3 rings (SSSR count). The second-order valence-corrected chi connectivity index (χ2v) is 8.12. The molecular formula is C15H19NO8S. The van der Waals surface area contributed by atoms with Gasteiger partial charge in [-0.3, -0.25) is 18.6 Å². The first-order valence-corrected chi connectivity index (χ1v) is 9.46. The third-order valence-corrected chi connectivity index (χ3v) is 6.62. The van der Waals surface area contributed by atoms with Crippen molar-refractivity contribution in [3.05, 3.63) is 12.7 Å². The van der Waals surface area contributed by atoms with E-state index < -0.39 is 45.4 Å². The molecule has 2 bridgehead atoms. The van der Waals surface area contributed by atoms with Crippen molar-refractivity contribution in [2.45, 2.75) is 36.7 Å². The SMILES string of the molecule is C=CC(=O)NCC(=O)OCCC(=O)OC1C2CC3C1OS(=O)(=O)C3C2. The number of hydrogen-bond acceptors (Lipinski definition) is 8. The highest BCUT2D eigenvalue weighted by atomic mass is 32.2. The van der Waals surface area contributed by atoms with Gasteiger partial charge in [0.05, 0.1) is 11.7 Å². The molecule has 0 radical (unpaired) electrons. The lowest BCUT2D eigenvalue weighted by Gasteiger charge is -2.24. The molecule has 1 amide bonds. The molecular weight excluding hydrogens is 354 g/mol. The van der Waals surface area contributed by atoms with Gasteiger partial charge in [0, 0.05) is 11.8 Å². The van der Waals surface area contributed by atoms with Crippen LogP contribution in [0.25, 0.3) is 0 Å². The lowest BCUT2D eigenvalue weighted by molar-refractivity contribution is -0.158. The van der Waals surface area contributed by atoms with Crippen LogP contribution in [0.1, 0.15) is 19.3 Å². The van der Waals surface area contributed by atoms with Crippen molar-refractivity contribution in [2.75, 3.05) is 13.2 Å². The fourth-order valence-electron chi connectivity index (χ4n) is 3.79. The smallest absolute Gasteiger partial charge is 0.325 e. The van der Waals surface area contributed by atoms with E-state index in [9.17, 15) is 22.8 Å². The Morgan fingerprint density at radius 1 is 1.24 bits per heavy atom. The van der Waals surface area contributed by atoms with E-state index >= 15 is 0 Å². The van der Waals surface area contributed by atoms with Crippen molar-refractivity contribution in [1.82, 2.24) is 5.32 Å². The van der Waals surface area contributed by atoms with Gasteiger partial charge < -0.3 is 14.8 Å². The van der Waals surface area contributed by atoms with Gasteiger partial charge in [-0.25, -0.2) is 0 Å². The van der Waals surface area contributed by atoms with Crippen LogP contribution in [0.2, 0.25) is 0 Å². The van der Waals surface area contributed by atoms with Crippen molar-refractivity contribution in [2.24, 2.45) is 11.8 Å². The molecule has 3 fully saturated rings. The van der Waals surface area contributed by atoms with E-state index in [1.807, 2.05) is 0 Å². The number of carbonyl (C=O) groups excluding carboxylic acids is 3. The Hall–Kier alpha value is -1.94. The van der Waals surface area contributed by atoms with Gasteiger partial charge in [-0.15, -0.1) is 0 Å². The van der Waals surface area contributed by atoms with Crippen LogP contribution in [0.3, 0.4) is 0 Å². The van der Waals surface area contributed by atoms with Gasteiger partial charge in [0.15, 0.2) is 0 Å². The molecule has 5 unspecified atom stereocenters. The van der Waals surface area contributed by atoms with Crippen molar-refractivity contribution >= 4 is 28.0 Å². The Morgan fingerprint density at radius 3 is 2.72 bits per heavy atom. The van der Waals surface area contributed by atoms with Crippen molar-refractivity contribution in [1.29, 1.82) is 0 Å². The average molecular weight is 373 g/mol. The highest BCUT2D eigenvalue weighted by Gasteiger charge is 2.65. The number of esters is 2. The lowest BCUT2D eigenvalue weighted by atomic mass is 9.94. The molecule has 3 aliphatic rings. The predicted molar refractivity (Wildman–Crippen MR) is 82.5 cm³/mol. The number of nitrogens with one attached hydrogen (secondary N) is 1. The molecule has 0 aromatic heterocycles. The fraction of sp³-hybridized carbons (Fsp3) is 0.667. The van der Waals surface area contributed by atoms with Crippen LogP contribution in [-0.4, -0.2) is 56.9 Å². The van der Waals surface area contributed by atoms with Gasteiger partial charge >= 0.3 is 11.9 Å². The molecule has 1 aliphatic heterocycles. The molecule has 2 aliphatic carbocycles. The summed E-state index contributed by atoms with van der Waals surface area (Å²) in [5.74, 6) is -1.87. The van der Waals surface area contributed by atoms with Crippen LogP contribution in [0.15, 0.2) is 12.7 Å². The third kappa shape index (κ3) is 3.54. The summed E-state index contributed by atoms with van der Waals surface area (Å²) >= 11 is 0. The Kier molecular flexibility index (Phi) is 4.83. The second kappa shape index (κ2) is 6.75. The highest BCUT2D eigenvalue weighted by Crippen LogP contribution is 2.55.